The van der Waals surface area contributed by atoms with Gasteiger partial charge in [-0.25, -0.2) is 4.39 Å². The summed E-state index contributed by atoms with van der Waals surface area (Å²) in [6.45, 7) is 6.86. The molecule has 130 valence electrons. The van der Waals surface area contributed by atoms with E-state index in [1.54, 1.807) is 19.1 Å². The molecule has 2 saturated carbocycles. The highest BCUT2D eigenvalue weighted by Gasteiger charge is 2.68. The molecule has 1 spiro atoms. The van der Waals surface area contributed by atoms with Crippen LogP contribution in [-0.4, -0.2) is 18.6 Å². The molecule has 2 bridgehead atoms. The van der Waals surface area contributed by atoms with Gasteiger partial charge in [-0.2, -0.15) is 0 Å². The number of halogens is 1. The van der Waals surface area contributed by atoms with Crippen molar-refractivity contribution in [1.82, 2.24) is 5.32 Å². The highest BCUT2D eigenvalue weighted by Crippen LogP contribution is 2.70. The van der Waals surface area contributed by atoms with Crippen molar-refractivity contribution in [3.8, 4) is 0 Å². The minimum absolute atomic E-state index is 0.0440. The molecule has 3 nitrogen and oxygen atoms in total. The normalized spacial score (nSPS) is 39.5. The van der Waals surface area contributed by atoms with Crippen molar-refractivity contribution in [1.29, 1.82) is 0 Å². The first kappa shape index (κ1) is 16.1. The van der Waals surface area contributed by atoms with E-state index in [2.05, 4.69) is 19.2 Å². The number of amides is 1. The maximum Gasteiger partial charge on any atom is 0.217 e. The number of hydrogen-bond donors (Lipinski definition) is 1. The number of carbonyl (C=O) groups is 1. The highest BCUT2D eigenvalue weighted by atomic mass is 19.1. The Balaban J connectivity index is 1.72. The van der Waals surface area contributed by atoms with E-state index in [9.17, 15) is 9.18 Å². The van der Waals surface area contributed by atoms with E-state index in [1.807, 2.05) is 6.07 Å². The van der Waals surface area contributed by atoms with Crippen molar-refractivity contribution < 1.29 is 13.9 Å². The molecule has 5 atom stereocenters. The van der Waals surface area contributed by atoms with Gasteiger partial charge in [-0.05, 0) is 59.6 Å². The molecule has 3 aliphatic rings. The lowest BCUT2D eigenvalue weighted by atomic mass is 9.59. The van der Waals surface area contributed by atoms with Gasteiger partial charge in [-0.1, -0.05) is 26.0 Å². The average molecular weight is 331 g/mol. The van der Waals surface area contributed by atoms with Crippen molar-refractivity contribution in [3.05, 3.63) is 35.6 Å². The van der Waals surface area contributed by atoms with Crippen LogP contribution in [0.25, 0.3) is 0 Å². The van der Waals surface area contributed by atoms with Gasteiger partial charge in [-0.3, -0.25) is 4.79 Å². The van der Waals surface area contributed by atoms with Crippen LogP contribution in [0.3, 0.4) is 0 Å². The number of rotatable bonds is 2. The molecule has 24 heavy (non-hydrogen) atoms. The molecule has 1 aliphatic heterocycles. The van der Waals surface area contributed by atoms with E-state index in [1.165, 1.54) is 6.07 Å². The smallest absolute Gasteiger partial charge is 0.217 e. The summed E-state index contributed by atoms with van der Waals surface area (Å²) in [5, 5.41) is 3.27. The number of fused-ring (bicyclic) bond motifs is 1. The first-order valence-corrected chi connectivity index (χ1v) is 8.99. The Morgan fingerprint density at radius 2 is 2.17 bits per heavy atom. The summed E-state index contributed by atoms with van der Waals surface area (Å²) < 4.78 is 19.8. The first-order valence-electron chi connectivity index (χ1n) is 8.99. The third-order valence-electron chi connectivity index (χ3n) is 7.03. The van der Waals surface area contributed by atoms with Crippen molar-refractivity contribution in [2.24, 2.45) is 22.7 Å². The zero-order chi connectivity index (χ0) is 17.1. The molecule has 3 fully saturated rings. The van der Waals surface area contributed by atoms with Crippen LogP contribution >= 0.6 is 0 Å². The van der Waals surface area contributed by atoms with E-state index >= 15 is 0 Å². The molecular weight excluding hydrogens is 305 g/mol. The van der Waals surface area contributed by atoms with Gasteiger partial charge in [-0.15, -0.1) is 0 Å². The summed E-state index contributed by atoms with van der Waals surface area (Å²) in [5.41, 5.74) is 1.12. The molecule has 1 heterocycles. The third-order valence-corrected chi connectivity index (χ3v) is 7.03. The number of carbonyl (C=O) groups excluding carboxylic acids is 1. The Bertz CT molecular complexity index is 673. The molecule has 0 aromatic heterocycles. The standard InChI is InChI=1S/C20H26FNO2/c1-12(23)22-18-19(2,3)14-10-16-17(13-5-4-6-15(21)9-13)24-8-7-20(16,18)11-14/h4-6,9,14,16-18H,7-8,10-11H2,1-3H3,(H,22,23)/t14-,16-,17-,18+,20-/m1/s1. The van der Waals surface area contributed by atoms with Crippen LogP contribution in [0.2, 0.25) is 0 Å². The average Bonchev–Trinajstić information content (AvgIpc) is 3.00. The largest absolute Gasteiger partial charge is 0.373 e. The van der Waals surface area contributed by atoms with Crippen LogP contribution in [0.4, 0.5) is 4.39 Å². The molecule has 0 unspecified atom stereocenters. The summed E-state index contributed by atoms with van der Waals surface area (Å²) >= 11 is 0. The predicted molar refractivity (Wildman–Crippen MR) is 89.7 cm³/mol. The first-order chi connectivity index (χ1) is 11.3. The van der Waals surface area contributed by atoms with Crippen LogP contribution in [-0.2, 0) is 9.53 Å². The summed E-state index contributed by atoms with van der Waals surface area (Å²) in [6, 6.07) is 6.99. The molecule has 1 saturated heterocycles. The molecule has 4 rings (SSSR count). The Hall–Kier alpha value is -1.42. The SMILES string of the molecule is CC(=O)N[C@H]1C(C)(C)[C@@H]2C[C@@H]3[C@@H](c4cccc(F)c4)OCC[C@@]31C2. The van der Waals surface area contributed by atoms with Gasteiger partial charge in [0.2, 0.25) is 5.91 Å². The van der Waals surface area contributed by atoms with Crippen LogP contribution < -0.4 is 5.32 Å². The van der Waals surface area contributed by atoms with Gasteiger partial charge in [0.1, 0.15) is 5.82 Å². The molecule has 1 aromatic rings. The lowest BCUT2D eigenvalue weighted by Crippen LogP contribution is -2.58. The van der Waals surface area contributed by atoms with Gasteiger partial charge in [0.15, 0.2) is 0 Å². The molecular formula is C20H26FNO2. The van der Waals surface area contributed by atoms with Crippen LogP contribution in [0.1, 0.15) is 51.7 Å². The molecule has 1 aromatic carbocycles. The second-order valence-corrected chi connectivity index (χ2v) is 8.53. The highest BCUT2D eigenvalue weighted by molar-refractivity contribution is 5.73. The van der Waals surface area contributed by atoms with E-state index in [0.29, 0.717) is 18.4 Å². The minimum Gasteiger partial charge on any atom is -0.373 e. The fraction of sp³-hybridized carbons (Fsp3) is 0.650. The third kappa shape index (κ3) is 2.15. The summed E-state index contributed by atoms with van der Waals surface area (Å²) in [6.07, 6.45) is 3.16. The maximum atomic E-state index is 13.7. The number of benzene rings is 1. The Kier molecular flexibility index (Phi) is 3.54. The second kappa shape index (κ2) is 5.29. The number of nitrogens with one attached hydrogen (secondary N) is 1. The predicted octanol–water partition coefficient (Wildman–Crippen LogP) is 3.84. The van der Waals surface area contributed by atoms with Crippen LogP contribution in [0.15, 0.2) is 24.3 Å². The van der Waals surface area contributed by atoms with Gasteiger partial charge >= 0.3 is 0 Å². The fourth-order valence-electron chi connectivity index (χ4n) is 6.00. The van der Waals surface area contributed by atoms with Crippen molar-refractivity contribution >= 4 is 5.91 Å². The Morgan fingerprint density at radius 3 is 2.88 bits per heavy atom. The zero-order valence-corrected chi connectivity index (χ0v) is 14.6. The van der Waals surface area contributed by atoms with Gasteiger partial charge in [0, 0.05) is 19.6 Å². The van der Waals surface area contributed by atoms with Crippen molar-refractivity contribution in [3.63, 3.8) is 0 Å². The van der Waals surface area contributed by atoms with Gasteiger partial charge in [0.05, 0.1) is 6.10 Å². The monoisotopic (exact) mass is 331 g/mol. The van der Waals surface area contributed by atoms with E-state index in [4.69, 9.17) is 4.74 Å². The van der Waals surface area contributed by atoms with Crippen molar-refractivity contribution in [2.75, 3.05) is 6.61 Å². The van der Waals surface area contributed by atoms with Gasteiger partial charge < -0.3 is 10.1 Å². The molecule has 1 N–H and O–H groups in total. The maximum absolute atomic E-state index is 13.7. The molecule has 2 aliphatic carbocycles. The molecule has 0 radical (unpaired) electrons. The Labute approximate surface area is 143 Å². The number of hydrogen-bond acceptors (Lipinski definition) is 2. The second-order valence-electron chi connectivity index (χ2n) is 8.53. The van der Waals surface area contributed by atoms with Gasteiger partial charge in [0.25, 0.3) is 0 Å². The van der Waals surface area contributed by atoms with Crippen molar-refractivity contribution in [2.45, 2.75) is 52.2 Å². The summed E-state index contributed by atoms with van der Waals surface area (Å²) in [4.78, 5) is 11.8. The van der Waals surface area contributed by atoms with Crippen LogP contribution in [0.5, 0.6) is 0 Å². The number of ether oxygens (including phenoxy) is 1. The molecule has 1 amide bonds. The topological polar surface area (TPSA) is 38.3 Å². The van der Waals surface area contributed by atoms with Crippen LogP contribution in [0, 0.1) is 28.5 Å². The molecule has 4 heteroatoms. The van der Waals surface area contributed by atoms with E-state index < -0.39 is 0 Å². The summed E-state index contributed by atoms with van der Waals surface area (Å²) in [5.74, 6) is 0.764. The minimum atomic E-state index is -0.211. The zero-order valence-electron chi connectivity index (χ0n) is 14.6. The lowest BCUT2D eigenvalue weighted by molar-refractivity contribution is -0.136. The van der Waals surface area contributed by atoms with E-state index in [-0.39, 0.29) is 34.7 Å². The lowest BCUT2D eigenvalue weighted by Gasteiger charge is -2.53. The summed E-state index contributed by atoms with van der Waals surface area (Å²) in [7, 11) is 0. The van der Waals surface area contributed by atoms with E-state index in [0.717, 1.165) is 24.8 Å². The Morgan fingerprint density at radius 1 is 1.38 bits per heavy atom. The fourth-order valence-corrected chi connectivity index (χ4v) is 6.00. The quantitative estimate of drug-likeness (QED) is 0.894.